The lowest BCUT2D eigenvalue weighted by molar-refractivity contribution is 0.320. The Morgan fingerprint density at radius 1 is 0.905 bits per heavy atom. The molecule has 0 radical (unpaired) electrons. The molecule has 0 spiro atoms. The Kier molecular flexibility index (Phi) is 5.63. The van der Waals surface area contributed by atoms with E-state index in [9.17, 15) is 0 Å². The molecule has 0 amide bonds. The van der Waals surface area contributed by atoms with E-state index in [0.717, 1.165) is 11.3 Å². The van der Waals surface area contributed by atoms with Crippen molar-refractivity contribution in [3.05, 3.63) is 29.8 Å². The molecule has 0 fully saturated rings. The zero-order chi connectivity index (χ0) is 16.3. The normalized spacial score (nSPS) is 13.0. The predicted octanol–water partition coefficient (Wildman–Crippen LogP) is 4.12. The molecule has 1 aromatic carbocycles. The Bertz CT molecular complexity index is 486. The highest BCUT2D eigenvalue weighted by Gasteiger charge is 2.22. The van der Waals surface area contributed by atoms with Gasteiger partial charge in [-0.1, -0.05) is 5.16 Å². The van der Waals surface area contributed by atoms with Crippen LogP contribution in [0.5, 0.6) is 0 Å². The van der Waals surface area contributed by atoms with E-state index >= 15 is 0 Å². The zero-order valence-corrected chi connectivity index (χ0v) is 16.5. The molecule has 0 aliphatic heterocycles. The summed E-state index contributed by atoms with van der Waals surface area (Å²) in [6, 6.07) is 8.18. The van der Waals surface area contributed by atoms with Gasteiger partial charge in [-0.15, -0.1) is 0 Å². The van der Waals surface area contributed by atoms with Gasteiger partial charge in [0, 0.05) is 25.3 Å². The molecule has 0 N–H and O–H groups in total. The molecule has 0 saturated carbocycles. The summed E-state index contributed by atoms with van der Waals surface area (Å²) in [5, 5.41) is 4.30. The van der Waals surface area contributed by atoms with Crippen LogP contribution in [0.3, 0.4) is 0 Å². The van der Waals surface area contributed by atoms with Crippen molar-refractivity contribution in [2.45, 2.75) is 39.3 Å². The first kappa shape index (κ1) is 17.8. The Hall–Kier alpha value is -1.28. The van der Waals surface area contributed by atoms with Gasteiger partial charge in [0.2, 0.25) is 14.2 Å². The maximum Gasteiger partial charge on any atom is 0.278 e. The third-order valence-electron chi connectivity index (χ3n) is 2.44. The molecule has 0 saturated heterocycles. The largest absolute Gasteiger partial charge is 0.529 e. The van der Waals surface area contributed by atoms with Crippen LogP contribution in [0.2, 0.25) is 39.3 Å². The summed E-state index contributed by atoms with van der Waals surface area (Å²) in [6.07, 6.45) is 0. The summed E-state index contributed by atoms with van der Waals surface area (Å²) < 4.78 is 11.8. The minimum atomic E-state index is -1.74. The first-order chi connectivity index (χ1) is 9.48. The van der Waals surface area contributed by atoms with E-state index < -0.39 is 16.6 Å². The third kappa shape index (κ3) is 6.81. The van der Waals surface area contributed by atoms with Gasteiger partial charge in [-0.3, -0.25) is 0 Å². The van der Waals surface area contributed by atoms with Gasteiger partial charge in [-0.2, -0.15) is 0 Å². The van der Waals surface area contributed by atoms with E-state index in [2.05, 4.69) is 61.5 Å². The number of benzene rings is 1. The molecule has 4 nitrogen and oxygen atoms in total. The molecular formula is C15H28N2O2Si2. The Morgan fingerprint density at radius 2 is 1.43 bits per heavy atom. The number of nitrogens with zero attached hydrogens (tertiary/aromatic N) is 2. The highest BCUT2D eigenvalue weighted by molar-refractivity contribution is 6.71. The molecule has 118 valence electrons. The molecule has 0 aliphatic carbocycles. The van der Waals surface area contributed by atoms with Crippen LogP contribution in [0.25, 0.3) is 0 Å². The van der Waals surface area contributed by atoms with Crippen LogP contribution in [0, 0.1) is 0 Å². The van der Waals surface area contributed by atoms with E-state index in [1.165, 1.54) is 0 Å². The van der Waals surface area contributed by atoms with Gasteiger partial charge in [-0.25, -0.2) is 0 Å². The fraction of sp³-hybridized carbons (Fsp3) is 0.533. The van der Waals surface area contributed by atoms with E-state index in [1.807, 2.05) is 26.2 Å². The summed E-state index contributed by atoms with van der Waals surface area (Å²) >= 11 is 0. The van der Waals surface area contributed by atoms with Crippen molar-refractivity contribution in [3.8, 4) is 0 Å². The maximum absolute atomic E-state index is 6.09. The van der Waals surface area contributed by atoms with Crippen LogP contribution in [-0.4, -0.2) is 36.6 Å². The molecule has 0 aliphatic rings. The highest BCUT2D eigenvalue weighted by atomic mass is 28.4. The van der Waals surface area contributed by atoms with Crippen LogP contribution in [-0.2, 0) is 8.95 Å². The maximum atomic E-state index is 6.09. The lowest BCUT2D eigenvalue weighted by atomic mass is 10.2. The Labute approximate surface area is 131 Å². The van der Waals surface area contributed by atoms with Crippen molar-refractivity contribution < 1.29 is 8.95 Å². The smallest absolute Gasteiger partial charge is 0.278 e. The summed E-state index contributed by atoms with van der Waals surface area (Å²) in [5.41, 5.74) is 2.11. The molecule has 0 heterocycles. The highest BCUT2D eigenvalue weighted by Crippen LogP contribution is 2.17. The van der Waals surface area contributed by atoms with Crippen molar-refractivity contribution in [3.63, 3.8) is 0 Å². The number of hydrogen-bond donors (Lipinski definition) is 0. The molecule has 6 heteroatoms. The van der Waals surface area contributed by atoms with Gasteiger partial charge in [0.05, 0.1) is 0 Å². The van der Waals surface area contributed by atoms with Crippen molar-refractivity contribution in [2.24, 2.45) is 5.16 Å². The minimum Gasteiger partial charge on any atom is -0.529 e. The van der Waals surface area contributed by atoms with Crippen molar-refractivity contribution in [1.29, 1.82) is 0 Å². The molecule has 21 heavy (non-hydrogen) atoms. The topological polar surface area (TPSA) is 34.1 Å². The minimum absolute atomic E-state index is 0.599. The molecule has 1 rings (SSSR count). The average Bonchev–Trinajstić information content (AvgIpc) is 2.32. The quantitative estimate of drug-likeness (QED) is 0.354. The van der Waals surface area contributed by atoms with Crippen molar-refractivity contribution in [2.75, 3.05) is 19.0 Å². The fourth-order valence-corrected chi connectivity index (χ4v) is 2.59. The monoisotopic (exact) mass is 324 g/mol. The summed E-state index contributed by atoms with van der Waals surface area (Å²) in [6.45, 7) is 12.8. The SMILES string of the molecule is CN(C)c1ccc(/C(=N/O[Si](C)(C)C)O[Si](C)(C)C)cc1. The molecule has 0 aromatic heterocycles. The zero-order valence-electron chi connectivity index (χ0n) is 14.5. The average molecular weight is 325 g/mol. The van der Waals surface area contributed by atoms with Gasteiger partial charge in [0.1, 0.15) is 0 Å². The molecule has 1 aromatic rings. The first-order valence-corrected chi connectivity index (χ1v) is 14.0. The molecule has 0 atom stereocenters. The van der Waals surface area contributed by atoms with Crippen LogP contribution >= 0.6 is 0 Å². The van der Waals surface area contributed by atoms with Crippen LogP contribution in [0.15, 0.2) is 29.4 Å². The molecule has 0 unspecified atom stereocenters. The van der Waals surface area contributed by atoms with Gasteiger partial charge >= 0.3 is 0 Å². The van der Waals surface area contributed by atoms with Crippen LogP contribution in [0.1, 0.15) is 5.56 Å². The van der Waals surface area contributed by atoms with E-state index in [1.54, 1.807) is 0 Å². The Balaban J connectivity index is 3.05. The number of rotatable bonds is 5. The van der Waals surface area contributed by atoms with Crippen LogP contribution in [0.4, 0.5) is 5.69 Å². The van der Waals surface area contributed by atoms with E-state index in [0.29, 0.717) is 5.90 Å². The van der Waals surface area contributed by atoms with Gasteiger partial charge in [0.25, 0.3) is 8.32 Å². The third-order valence-corrected chi connectivity index (χ3v) is 3.88. The van der Waals surface area contributed by atoms with Crippen molar-refractivity contribution in [1.82, 2.24) is 0 Å². The van der Waals surface area contributed by atoms with Gasteiger partial charge < -0.3 is 13.9 Å². The first-order valence-electron chi connectivity index (χ1n) is 7.21. The summed E-state index contributed by atoms with van der Waals surface area (Å²) in [4.78, 5) is 2.07. The van der Waals surface area contributed by atoms with Gasteiger partial charge in [-0.05, 0) is 63.5 Å². The fourth-order valence-electron chi connectivity index (χ4n) is 1.50. The van der Waals surface area contributed by atoms with Crippen molar-refractivity contribution >= 4 is 28.2 Å². The number of anilines is 1. The number of oxime groups is 1. The standard InChI is InChI=1S/C15H28N2O2Si2/c1-17(2)14-11-9-13(10-12-14)15(18-20(3,4)5)16-19-21(6,7)8/h9-12H,1-8H3/b16-15-. The summed E-state index contributed by atoms with van der Waals surface area (Å²) in [7, 11) is 0.591. The lowest BCUT2D eigenvalue weighted by Gasteiger charge is -2.22. The second-order valence-electron chi connectivity index (χ2n) is 7.26. The molecule has 0 bridgehead atoms. The second kappa shape index (κ2) is 6.66. The van der Waals surface area contributed by atoms with E-state index in [4.69, 9.17) is 8.95 Å². The lowest BCUT2D eigenvalue weighted by Crippen LogP contribution is -2.31. The van der Waals surface area contributed by atoms with Crippen LogP contribution < -0.4 is 4.90 Å². The molecular weight excluding hydrogens is 296 g/mol. The number of hydrogen-bond acceptors (Lipinski definition) is 4. The Morgan fingerprint density at radius 3 is 1.81 bits per heavy atom. The predicted molar refractivity (Wildman–Crippen MR) is 96.2 cm³/mol. The summed E-state index contributed by atoms with van der Waals surface area (Å²) in [5.74, 6) is 0.599. The van der Waals surface area contributed by atoms with Gasteiger partial charge in [0.15, 0.2) is 0 Å². The van der Waals surface area contributed by atoms with E-state index in [-0.39, 0.29) is 0 Å². The second-order valence-corrected chi connectivity index (χ2v) is 16.1.